The molecule has 12 heteroatoms. The van der Waals surface area contributed by atoms with E-state index >= 15 is 0 Å². The Labute approximate surface area is 171 Å². The molecule has 1 aromatic carbocycles. The average Bonchev–Trinajstić information content (AvgIpc) is 2.70. The fraction of sp³-hybridized carbons (Fsp3) is 0.167. The lowest BCUT2D eigenvalue weighted by Gasteiger charge is -2.18. The van der Waals surface area contributed by atoms with Crippen molar-refractivity contribution in [3.05, 3.63) is 74.7 Å². The number of nitriles is 1. The lowest BCUT2D eigenvalue weighted by atomic mass is 10.2. The Hall–Kier alpha value is -3.52. The zero-order chi connectivity index (χ0) is 21.8. The average molecular weight is 442 g/mol. The molecule has 0 atom stereocenters. The van der Waals surface area contributed by atoms with E-state index in [0.29, 0.717) is 0 Å². The largest absolute Gasteiger partial charge is 0.449 e. The zero-order valence-electron chi connectivity index (χ0n) is 14.9. The van der Waals surface area contributed by atoms with Gasteiger partial charge in [0.1, 0.15) is 5.75 Å². The highest BCUT2D eigenvalue weighted by molar-refractivity contribution is 6.30. The quantitative estimate of drug-likeness (QED) is 0.665. The summed E-state index contributed by atoms with van der Waals surface area (Å²) in [7, 11) is 0. The highest BCUT2D eigenvalue weighted by Crippen LogP contribution is 2.30. The maximum absolute atomic E-state index is 13.4. The molecule has 0 bridgehead atoms. The van der Waals surface area contributed by atoms with Gasteiger partial charge in [0.15, 0.2) is 5.69 Å². The molecule has 2 heterocycles. The molecule has 156 valence electrons. The van der Waals surface area contributed by atoms with Crippen molar-refractivity contribution in [2.75, 3.05) is 0 Å². The van der Waals surface area contributed by atoms with Crippen LogP contribution in [0.4, 0.5) is 17.6 Å². The van der Waals surface area contributed by atoms with Gasteiger partial charge in [0.05, 0.1) is 30.2 Å². The van der Waals surface area contributed by atoms with Gasteiger partial charge in [-0.3, -0.25) is 14.8 Å². The summed E-state index contributed by atoms with van der Waals surface area (Å²) in [6.45, 7) is -0.240. The molecule has 0 fully saturated rings. The first-order valence-electron chi connectivity index (χ1n) is 8.25. The minimum absolute atomic E-state index is 0.0934. The van der Waals surface area contributed by atoms with E-state index < -0.39 is 35.6 Å². The lowest BCUT2D eigenvalue weighted by molar-refractivity contribution is 0.141. The number of halogens is 5. The zero-order valence-corrected chi connectivity index (χ0v) is 15.6. The van der Waals surface area contributed by atoms with Gasteiger partial charge in [0.25, 0.3) is 18.4 Å². The first-order valence-corrected chi connectivity index (χ1v) is 8.62. The maximum atomic E-state index is 13.4. The van der Waals surface area contributed by atoms with Gasteiger partial charge in [-0.15, -0.1) is 0 Å². The molecular weight excluding hydrogens is 430 g/mol. The molecule has 30 heavy (non-hydrogen) atoms. The van der Waals surface area contributed by atoms with Crippen LogP contribution in [-0.2, 0) is 6.54 Å². The van der Waals surface area contributed by atoms with E-state index in [1.54, 1.807) is 0 Å². The number of rotatable bonds is 6. The molecule has 1 aliphatic rings. The minimum atomic E-state index is -3.12. The number of nitrogens with one attached hydrogen (secondary N) is 2. The van der Waals surface area contributed by atoms with E-state index in [0.717, 1.165) is 17.0 Å². The van der Waals surface area contributed by atoms with Crippen molar-refractivity contribution in [1.82, 2.24) is 20.4 Å². The Morgan fingerprint density at radius 1 is 1.23 bits per heavy atom. The molecule has 0 amide bonds. The van der Waals surface area contributed by atoms with Crippen molar-refractivity contribution >= 4 is 11.6 Å². The Morgan fingerprint density at radius 3 is 2.67 bits per heavy atom. The molecule has 1 aliphatic heterocycles. The summed E-state index contributed by atoms with van der Waals surface area (Å²) in [4.78, 5) is 16.3. The number of nitrogens with zero attached hydrogens (tertiary/aromatic N) is 3. The van der Waals surface area contributed by atoms with Crippen LogP contribution in [0.2, 0.25) is 5.02 Å². The molecule has 1 aromatic heterocycles. The Morgan fingerprint density at radius 2 is 2.00 bits per heavy atom. The van der Waals surface area contributed by atoms with E-state index in [4.69, 9.17) is 21.6 Å². The Balaban J connectivity index is 1.99. The monoisotopic (exact) mass is 441 g/mol. The number of hydrogen-bond acceptors (Lipinski definition) is 6. The van der Waals surface area contributed by atoms with E-state index in [2.05, 4.69) is 15.8 Å². The van der Waals surface area contributed by atoms with Crippen molar-refractivity contribution in [3.8, 4) is 17.6 Å². The van der Waals surface area contributed by atoms with E-state index in [-0.39, 0.29) is 28.5 Å². The molecule has 3 rings (SSSR count). The second-order valence-corrected chi connectivity index (χ2v) is 6.41. The summed E-state index contributed by atoms with van der Waals surface area (Å²) in [5, 5.41) is 9.10. The van der Waals surface area contributed by atoms with E-state index in [1.807, 2.05) is 6.07 Å². The van der Waals surface area contributed by atoms with Gasteiger partial charge >= 0.3 is 0 Å². The third-order valence-electron chi connectivity index (χ3n) is 3.85. The van der Waals surface area contributed by atoms with Crippen LogP contribution in [0, 0.1) is 11.3 Å². The van der Waals surface area contributed by atoms with Crippen LogP contribution in [-0.4, -0.2) is 16.0 Å². The third-order valence-corrected chi connectivity index (χ3v) is 4.07. The van der Waals surface area contributed by atoms with Gasteiger partial charge in [-0.25, -0.2) is 22.5 Å². The topological polar surface area (TPSA) is 92.0 Å². The second-order valence-electron chi connectivity index (χ2n) is 5.97. The van der Waals surface area contributed by atoms with Gasteiger partial charge in [-0.2, -0.15) is 5.26 Å². The van der Waals surface area contributed by atoms with Crippen molar-refractivity contribution < 1.29 is 22.3 Å². The molecule has 0 unspecified atom stereocenters. The molecule has 2 N–H and O–H groups in total. The molecule has 0 spiro atoms. The molecule has 0 saturated carbocycles. The van der Waals surface area contributed by atoms with Gasteiger partial charge in [0, 0.05) is 11.2 Å². The number of alkyl halides is 4. The van der Waals surface area contributed by atoms with Crippen LogP contribution in [0.15, 0.2) is 52.9 Å². The van der Waals surface area contributed by atoms with Crippen molar-refractivity contribution in [2.45, 2.75) is 19.4 Å². The third kappa shape index (κ3) is 4.72. The van der Waals surface area contributed by atoms with Crippen LogP contribution in [0.1, 0.15) is 17.7 Å². The number of allylic oxidation sites excluding steroid dienone is 3. The molecular formula is C18H12ClF4N5O2. The number of benzene rings is 1. The van der Waals surface area contributed by atoms with E-state index in [1.165, 1.54) is 24.4 Å². The van der Waals surface area contributed by atoms with Crippen LogP contribution < -0.4 is 21.1 Å². The number of hydrogen-bond donors (Lipinski definition) is 2. The summed E-state index contributed by atoms with van der Waals surface area (Å²) in [6.07, 6.45) is -2.59. The standard InChI is InChI=1S/C18H12ClF4N5O2/c19-11-1-9(5-24)2-12(4-11)30-15-14(17(22)23)25-8-28(18(15)29)7-10-3-13(16(20)21)27-26-6-10/h1-4,6,8,16-17,26-27H,7H2. The maximum Gasteiger partial charge on any atom is 0.297 e. The smallest absolute Gasteiger partial charge is 0.297 e. The van der Waals surface area contributed by atoms with Crippen LogP contribution in [0.25, 0.3) is 0 Å². The SMILES string of the molecule is N#Cc1cc(Cl)cc(Oc2c(C(F)F)ncn(CC3=CNNC(C(F)F)=C3)c2=O)c1. The summed E-state index contributed by atoms with van der Waals surface area (Å²) < 4.78 is 58.7. The van der Waals surface area contributed by atoms with Crippen LogP contribution in [0.5, 0.6) is 11.5 Å². The van der Waals surface area contributed by atoms with Crippen molar-refractivity contribution in [2.24, 2.45) is 0 Å². The summed E-state index contributed by atoms with van der Waals surface area (Å²) in [6, 6.07) is 5.61. The molecule has 7 nitrogen and oxygen atoms in total. The van der Waals surface area contributed by atoms with Gasteiger partial charge in [-0.1, -0.05) is 11.6 Å². The number of aromatic nitrogens is 2. The highest BCUT2D eigenvalue weighted by Gasteiger charge is 2.23. The van der Waals surface area contributed by atoms with Crippen LogP contribution in [0.3, 0.4) is 0 Å². The Bertz CT molecular complexity index is 1120. The minimum Gasteiger partial charge on any atom is -0.449 e. The second kappa shape index (κ2) is 8.87. The Kier molecular flexibility index (Phi) is 6.27. The van der Waals surface area contributed by atoms with E-state index in [9.17, 15) is 22.4 Å². The van der Waals surface area contributed by atoms with Crippen molar-refractivity contribution in [3.63, 3.8) is 0 Å². The van der Waals surface area contributed by atoms with Gasteiger partial charge < -0.3 is 10.2 Å². The number of ether oxygens (including phenoxy) is 1. The summed E-state index contributed by atoms with van der Waals surface area (Å²) in [5.74, 6) is -0.876. The predicted octanol–water partition coefficient (Wildman–Crippen LogP) is 3.64. The molecule has 0 radical (unpaired) electrons. The molecule has 0 aliphatic carbocycles. The lowest BCUT2D eigenvalue weighted by Crippen LogP contribution is -2.34. The van der Waals surface area contributed by atoms with Gasteiger partial charge in [0.2, 0.25) is 5.75 Å². The highest BCUT2D eigenvalue weighted by atomic mass is 35.5. The fourth-order valence-electron chi connectivity index (χ4n) is 2.55. The summed E-state index contributed by atoms with van der Waals surface area (Å²) in [5.41, 5.74) is 2.73. The number of hydrazine groups is 1. The van der Waals surface area contributed by atoms with Crippen molar-refractivity contribution in [1.29, 1.82) is 5.26 Å². The molecule has 2 aromatic rings. The normalized spacial score (nSPS) is 13.3. The summed E-state index contributed by atoms with van der Waals surface area (Å²) >= 11 is 5.87. The first-order chi connectivity index (χ1) is 14.3. The first kappa shape index (κ1) is 21.2. The van der Waals surface area contributed by atoms with Gasteiger partial charge in [-0.05, 0) is 29.8 Å². The predicted molar refractivity (Wildman–Crippen MR) is 98.1 cm³/mol. The fourth-order valence-corrected chi connectivity index (χ4v) is 2.77. The molecule has 0 saturated heterocycles. The van der Waals surface area contributed by atoms with Crippen LogP contribution >= 0.6 is 11.6 Å².